The summed E-state index contributed by atoms with van der Waals surface area (Å²) in [5.74, 6) is 0. The van der Waals surface area contributed by atoms with E-state index in [1.54, 1.807) is 6.07 Å². The molecule has 0 radical (unpaired) electrons. The maximum Gasteiger partial charge on any atom is 0.0500 e. The predicted molar refractivity (Wildman–Crippen MR) is 134 cm³/mol. The molecule has 2 aliphatic rings. The van der Waals surface area contributed by atoms with E-state index in [1.807, 2.05) is 18.2 Å². The van der Waals surface area contributed by atoms with Gasteiger partial charge in [0.05, 0.1) is 6.04 Å². The van der Waals surface area contributed by atoms with Gasteiger partial charge in [-0.15, -0.1) is 0 Å². The number of anilines is 1. The fourth-order valence-electron chi connectivity index (χ4n) is 4.90. The molecule has 2 N–H and O–H groups in total. The Labute approximate surface area is 195 Å². The Bertz CT molecular complexity index is 963. The van der Waals surface area contributed by atoms with Gasteiger partial charge in [-0.05, 0) is 61.1 Å². The van der Waals surface area contributed by atoms with Crippen molar-refractivity contribution in [2.45, 2.75) is 57.5 Å². The van der Waals surface area contributed by atoms with E-state index in [0.29, 0.717) is 10.0 Å². The summed E-state index contributed by atoms with van der Waals surface area (Å²) in [5, 5.41) is 12.7. The second-order valence-corrected chi connectivity index (χ2v) is 9.59. The van der Waals surface area contributed by atoms with Crippen molar-refractivity contribution in [1.29, 1.82) is 5.41 Å². The molecule has 0 bridgehead atoms. The van der Waals surface area contributed by atoms with E-state index in [1.165, 1.54) is 49.5 Å². The lowest BCUT2D eigenvalue weighted by Crippen LogP contribution is -2.39. The standard InChI is InChI=1S/C26H31Cl2N3/c1-18(24-10-9-22(27)16-25(24)28)30-26-15-20(7-8-21(26)17-29)19-11-13-31(14-12-19)23-5-3-2-4-6-23/h7-11,15-18,23,29-30H,2-6,12-14H2,1H3. The van der Waals surface area contributed by atoms with Gasteiger partial charge in [0.1, 0.15) is 0 Å². The van der Waals surface area contributed by atoms with Crippen LogP contribution in [0.15, 0.2) is 42.5 Å². The molecule has 2 aromatic carbocycles. The van der Waals surface area contributed by atoms with E-state index in [9.17, 15) is 0 Å². The highest BCUT2D eigenvalue weighted by Gasteiger charge is 2.23. The number of hydrogen-bond acceptors (Lipinski definition) is 3. The second-order valence-electron chi connectivity index (χ2n) is 8.74. The van der Waals surface area contributed by atoms with Crippen LogP contribution in [0.4, 0.5) is 5.69 Å². The SMILES string of the molecule is CC(Nc1cc(C2=CCN(C3CCCCC3)CC2)ccc1C=N)c1ccc(Cl)cc1Cl. The molecule has 4 rings (SSSR count). The van der Waals surface area contributed by atoms with Crippen LogP contribution < -0.4 is 5.32 Å². The number of benzene rings is 2. The number of nitrogens with zero attached hydrogens (tertiary/aromatic N) is 1. The highest BCUT2D eigenvalue weighted by Crippen LogP contribution is 2.33. The summed E-state index contributed by atoms with van der Waals surface area (Å²) < 4.78 is 0. The van der Waals surface area contributed by atoms with Crippen LogP contribution in [-0.2, 0) is 0 Å². The Morgan fingerprint density at radius 1 is 1.10 bits per heavy atom. The summed E-state index contributed by atoms with van der Waals surface area (Å²) in [7, 11) is 0. The largest absolute Gasteiger partial charge is 0.378 e. The molecule has 0 amide bonds. The Kier molecular flexibility index (Phi) is 7.37. The minimum atomic E-state index is 0.000783. The Morgan fingerprint density at radius 3 is 2.58 bits per heavy atom. The zero-order chi connectivity index (χ0) is 21.8. The zero-order valence-corrected chi connectivity index (χ0v) is 19.6. The molecule has 1 saturated carbocycles. The van der Waals surface area contributed by atoms with Crippen LogP contribution in [0.3, 0.4) is 0 Å². The molecule has 1 aliphatic heterocycles. The van der Waals surface area contributed by atoms with Gasteiger partial charge in [0.15, 0.2) is 0 Å². The van der Waals surface area contributed by atoms with E-state index in [4.69, 9.17) is 28.6 Å². The predicted octanol–water partition coefficient (Wildman–Crippen LogP) is 7.59. The van der Waals surface area contributed by atoms with Crippen LogP contribution in [0.2, 0.25) is 10.0 Å². The summed E-state index contributed by atoms with van der Waals surface area (Å²) in [4.78, 5) is 2.67. The molecule has 5 heteroatoms. The van der Waals surface area contributed by atoms with E-state index in [-0.39, 0.29) is 6.04 Å². The summed E-state index contributed by atoms with van der Waals surface area (Å²) in [6.45, 7) is 4.27. The lowest BCUT2D eigenvalue weighted by Gasteiger charge is -2.36. The minimum Gasteiger partial charge on any atom is -0.378 e. The van der Waals surface area contributed by atoms with Crippen molar-refractivity contribution < 1.29 is 0 Å². The highest BCUT2D eigenvalue weighted by molar-refractivity contribution is 6.35. The van der Waals surface area contributed by atoms with Crippen LogP contribution >= 0.6 is 23.2 Å². The van der Waals surface area contributed by atoms with Crippen molar-refractivity contribution in [1.82, 2.24) is 4.90 Å². The van der Waals surface area contributed by atoms with Crippen molar-refractivity contribution in [3.63, 3.8) is 0 Å². The molecule has 2 aromatic rings. The molecular weight excluding hydrogens is 425 g/mol. The van der Waals surface area contributed by atoms with Gasteiger partial charge < -0.3 is 10.7 Å². The number of hydrogen-bond donors (Lipinski definition) is 2. The van der Waals surface area contributed by atoms with Gasteiger partial charge in [-0.2, -0.15) is 0 Å². The molecule has 1 fully saturated rings. The fraction of sp³-hybridized carbons (Fsp3) is 0.423. The summed E-state index contributed by atoms with van der Waals surface area (Å²) in [6.07, 6.45) is 11.8. The molecule has 0 saturated heterocycles. The lowest BCUT2D eigenvalue weighted by molar-refractivity contribution is 0.171. The van der Waals surface area contributed by atoms with Crippen LogP contribution in [0.25, 0.3) is 5.57 Å². The van der Waals surface area contributed by atoms with Crippen LogP contribution in [0.1, 0.15) is 68.2 Å². The third-order valence-electron chi connectivity index (χ3n) is 6.71. The van der Waals surface area contributed by atoms with Crippen LogP contribution in [0.5, 0.6) is 0 Å². The molecule has 3 nitrogen and oxygen atoms in total. The maximum atomic E-state index is 7.83. The summed E-state index contributed by atoms with van der Waals surface area (Å²) in [5.41, 5.74) is 5.48. The minimum absolute atomic E-state index is 0.000783. The smallest absolute Gasteiger partial charge is 0.0500 e. The average molecular weight is 456 g/mol. The Morgan fingerprint density at radius 2 is 1.90 bits per heavy atom. The van der Waals surface area contributed by atoms with Gasteiger partial charge in [0, 0.05) is 46.6 Å². The Hall–Kier alpha value is -1.81. The van der Waals surface area contributed by atoms with Gasteiger partial charge in [-0.25, -0.2) is 0 Å². The number of nitrogens with one attached hydrogen (secondary N) is 2. The van der Waals surface area contributed by atoms with Gasteiger partial charge in [-0.3, -0.25) is 4.90 Å². The fourth-order valence-corrected chi connectivity index (χ4v) is 5.47. The summed E-state index contributed by atoms with van der Waals surface area (Å²) >= 11 is 12.5. The maximum absolute atomic E-state index is 7.83. The molecule has 1 aliphatic carbocycles. The zero-order valence-electron chi connectivity index (χ0n) is 18.1. The first kappa shape index (κ1) is 22.4. The molecule has 0 spiro atoms. The third-order valence-corrected chi connectivity index (χ3v) is 7.27. The first-order valence-corrected chi connectivity index (χ1v) is 12.1. The number of rotatable bonds is 6. The first-order valence-electron chi connectivity index (χ1n) is 11.3. The van der Waals surface area contributed by atoms with E-state index in [0.717, 1.165) is 42.4 Å². The van der Waals surface area contributed by atoms with Gasteiger partial charge >= 0.3 is 0 Å². The molecule has 1 heterocycles. The molecule has 1 atom stereocenters. The number of halogens is 2. The molecular formula is C26H31Cl2N3. The summed E-state index contributed by atoms with van der Waals surface area (Å²) in [6, 6.07) is 12.7. The van der Waals surface area contributed by atoms with Gasteiger partial charge in [-0.1, -0.05) is 66.7 Å². The van der Waals surface area contributed by atoms with Gasteiger partial charge in [0.25, 0.3) is 0 Å². The molecule has 0 aromatic heterocycles. The van der Waals surface area contributed by atoms with E-state index < -0.39 is 0 Å². The first-order chi connectivity index (χ1) is 15.0. The lowest BCUT2D eigenvalue weighted by atomic mass is 9.91. The van der Waals surface area contributed by atoms with Crippen molar-refractivity contribution in [3.05, 3.63) is 69.2 Å². The van der Waals surface area contributed by atoms with Crippen LogP contribution in [0, 0.1) is 5.41 Å². The average Bonchev–Trinajstić information content (AvgIpc) is 2.79. The highest BCUT2D eigenvalue weighted by atomic mass is 35.5. The topological polar surface area (TPSA) is 39.1 Å². The van der Waals surface area contributed by atoms with E-state index in [2.05, 4.69) is 35.3 Å². The third kappa shape index (κ3) is 5.34. The Balaban J connectivity index is 1.51. The van der Waals surface area contributed by atoms with Crippen LogP contribution in [-0.4, -0.2) is 30.2 Å². The van der Waals surface area contributed by atoms with Gasteiger partial charge in [0.2, 0.25) is 0 Å². The quantitative estimate of drug-likeness (QED) is 0.440. The molecule has 31 heavy (non-hydrogen) atoms. The van der Waals surface area contributed by atoms with Crippen molar-refractivity contribution >= 4 is 40.7 Å². The van der Waals surface area contributed by atoms with Crippen molar-refractivity contribution in [2.75, 3.05) is 18.4 Å². The normalized spacial score (nSPS) is 19.0. The molecule has 164 valence electrons. The van der Waals surface area contributed by atoms with Crippen molar-refractivity contribution in [3.8, 4) is 0 Å². The molecule has 1 unspecified atom stereocenters. The monoisotopic (exact) mass is 455 g/mol. The van der Waals surface area contributed by atoms with E-state index >= 15 is 0 Å². The second kappa shape index (κ2) is 10.2. The van der Waals surface area contributed by atoms with Crippen molar-refractivity contribution in [2.24, 2.45) is 0 Å².